The molecule has 10 nitrogen and oxygen atoms in total. The molecule has 3 aromatic rings. The maximum Gasteiger partial charge on any atom is 0.271 e. The lowest BCUT2D eigenvalue weighted by Gasteiger charge is -2.31. The van der Waals surface area contributed by atoms with E-state index in [4.69, 9.17) is 0 Å². The molecule has 1 saturated carbocycles. The minimum Gasteiger partial charge on any atom is -0.343 e. The van der Waals surface area contributed by atoms with Crippen LogP contribution in [0.1, 0.15) is 54.1 Å². The summed E-state index contributed by atoms with van der Waals surface area (Å²) in [4.78, 5) is 39.3. The number of fused-ring (bicyclic) bond motifs is 1. The zero-order valence-corrected chi connectivity index (χ0v) is 24.8. The number of aromatic nitrogens is 2. The number of thiazole rings is 1. The summed E-state index contributed by atoms with van der Waals surface area (Å²) >= 11 is 1.23. The number of benzene rings is 1. The summed E-state index contributed by atoms with van der Waals surface area (Å²) < 4.78 is 27.9. The molecule has 2 aromatic heterocycles. The predicted molar refractivity (Wildman–Crippen MR) is 156 cm³/mol. The van der Waals surface area contributed by atoms with E-state index in [1.807, 2.05) is 7.05 Å². The second-order valence-corrected chi connectivity index (χ2v) is 13.9. The van der Waals surface area contributed by atoms with Crippen LogP contribution in [0, 0.1) is 5.92 Å². The molecule has 0 radical (unpaired) electrons. The van der Waals surface area contributed by atoms with Crippen molar-refractivity contribution in [2.24, 2.45) is 5.92 Å². The van der Waals surface area contributed by atoms with E-state index >= 15 is 0 Å². The SMILES string of the molecule is CN1CCN(S(=O)(=O)c2ccc(C(CC3CCCC3)C(=O)Nc3nc4ccc(C(=O)N(C)C)nc4s3)cc2)CC1. The highest BCUT2D eigenvalue weighted by molar-refractivity contribution is 7.89. The summed E-state index contributed by atoms with van der Waals surface area (Å²) in [6, 6.07) is 10.2. The van der Waals surface area contributed by atoms with Gasteiger partial charge in [-0.2, -0.15) is 4.31 Å². The average molecular weight is 585 g/mol. The Hall–Kier alpha value is -2.93. The van der Waals surface area contributed by atoms with Crippen molar-refractivity contribution in [1.29, 1.82) is 0 Å². The maximum atomic E-state index is 13.6. The molecule has 1 N–H and O–H groups in total. The zero-order chi connectivity index (χ0) is 28.4. The smallest absolute Gasteiger partial charge is 0.271 e. The van der Waals surface area contributed by atoms with Gasteiger partial charge in [0.1, 0.15) is 16.0 Å². The number of pyridine rings is 1. The number of likely N-dealkylation sites (N-methyl/N-ethyl adjacent to an activating group) is 1. The lowest BCUT2D eigenvalue weighted by molar-refractivity contribution is -0.118. The fourth-order valence-electron chi connectivity index (χ4n) is 5.43. The summed E-state index contributed by atoms with van der Waals surface area (Å²) in [7, 11) is 1.75. The zero-order valence-electron chi connectivity index (χ0n) is 23.2. The first-order chi connectivity index (χ1) is 19.1. The second kappa shape index (κ2) is 11.9. The van der Waals surface area contributed by atoms with Crippen LogP contribution in [-0.4, -0.2) is 91.6 Å². The Bertz CT molecular complexity index is 1470. The van der Waals surface area contributed by atoms with E-state index in [1.54, 1.807) is 50.5 Å². The van der Waals surface area contributed by atoms with Crippen LogP contribution in [-0.2, 0) is 14.8 Å². The Balaban J connectivity index is 1.36. The molecule has 1 atom stereocenters. The lowest BCUT2D eigenvalue weighted by Crippen LogP contribution is -2.47. The number of sulfonamides is 1. The van der Waals surface area contributed by atoms with Crippen LogP contribution in [0.4, 0.5) is 5.13 Å². The fourth-order valence-corrected chi connectivity index (χ4v) is 7.70. The van der Waals surface area contributed by atoms with E-state index in [0.717, 1.165) is 18.4 Å². The maximum absolute atomic E-state index is 13.6. The molecular formula is C28H36N6O4S2. The van der Waals surface area contributed by atoms with Gasteiger partial charge in [0.25, 0.3) is 5.91 Å². The normalized spacial score (nSPS) is 18.2. The van der Waals surface area contributed by atoms with Gasteiger partial charge in [-0.05, 0) is 49.2 Å². The predicted octanol–water partition coefficient (Wildman–Crippen LogP) is 3.63. The van der Waals surface area contributed by atoms with Gasteiger partial charge in [0.2, 0.25) is 15.9 Å². The third-order valence-corrected chi connectivity index (χ3v) is 10.6. The van der Waals surface area contributed by atoms with Gasteiger partial charge in [0, 0.05) is 40.3 Å². The third kappa shape index (κ3) is 6.19. The highest BCUT2D eigenvalue weighted by Gasteiger charge is 2.30. The van der Waals surface area contributed by atoms with Crippen LogP contribution in [0.5, 0.6) is 0 Å². The number of carbonyl (C=O) groups excluding carboxylic acids is 2. The Morgan fingerprint density at radius 2 is 1.70 bits per heavy atom. The summed E-state index contributed by atoms with van der Waals surface area (Å²) in [6.07, 6.45) is 5.21. The van der Waals surface area contributed by atoms with Gasteiger partial charge >= 0.3 is 0 Å². The first kappa shape index (κ1) is 28.6. The first-order valence-corrected chi connectivity index (χ1v) is 16.0. The number of hydrogen-bond acceptors (Lipinski definition) is 8. The molecule has 0 spiro atoms. The number of amides is 2. The standard InChI is InChI=1S/C28H36N6O4S2/c1-32(2)27(36)24-13-12-23-26(29-24)39-28(30-23)31-25(35)22(18-19-6-4-5-7-19)20-8-10-21(11-9-20)40(37,38)34-16-14-33(3)15-17-34/h8-13,19,22H,4-7,14-18H2,1-3H3,(H,30,31,35). The van der Waals surface area contributed by atoms with Crippen molar-refractivity contribution in [2.45, 2.75) is 42.9 Å². The Morgan fingerprint density at radius 1 is 1.02 bits per heavy atom. The van der Waals surface area contributed by atoms with Gasteiger partial charge in [-0.3, -0.25) is 9.59 Å². The molecule has 12 heteroatoms. The van der Waals surface area contributed by atoms with Crippen molar-refractivity contribution in [3.8, 4) is 0 Å². The average Bonchev–Trinajstić information content (AvgIpc) is 3.60. The number of carbonyl (C=O) groups is 2. The lowest BCUT2D eigenvalue weighted by atomic mass is 9.87. The van der Waals surface area contributed by atoms with E-state index < -0.39 is 15.9 Å². The number of nitrogens with zero attached hydrogens (tertiary/aromatic N) is 5. The van der Waals surface area contributed by atoms with Crippen LogP contribution in [0.25, 0.3) is 10.3 Å². The Kier molecular flexibility index (Phi) is 8.50. The van der Waals surface area contributed by atoms with Gasteiger partial charge in [0.15, 0.2) is 5.13 Å². The van der Waals surface area contributed by atoms with Crippen LogP contribution >= 0.6 is 11.3 Å². The van der Waals surface area contributed by atoms with Crippen LogP contribution < -0.4 is 5.32 Å². The summed E-state index contributed by atoms with van der Waals surface area (Å²) in [5.74, 6) is -0.365. The minimum absolute atomic E-state index is 0.176. The molecule has 214 valence electrons. The number of piperazine rings is 1. The van der Waals surface area contributed by atoms with Crippen molar-refractivity contribution >= 4 is 48.7 Å². The molecule has 2 aliphatic rings. The number of rotatable bonds is 8. The molecule has 1 aliphatic carbocycles. The van der Waals surface area contributed by atoms with Gasteiger partial charge in [-0.15, -0.1) is 0 Å². The molecule has 1 aliphatic heterocycles. The van der Waals surface area contributed by atoms with Gasteiger partial charge in [-0.25, -0.2) is 18.4 Å². The molecule has 1 aromatic carbocycles. The van der Waals surface area contributed by atoms with Gasteiger partial charge in [-0.1, -0.05) is 49.2 Å². The highest BCUT2D eigenvalue weighted by Crippen LogP contribution is 2.36. The highest BCUT2D eigenvalue weighted by atomic mass is 32.2. The second-order valence-electron chi connectivity index (χ2n) is 10.9. The number of nitrogens with one attached hydrogen (secondary N) is 1. The van der Waals surface area contributed by atoms with Crippen molar-refractivity contribution in [1.82, 2.24) is 24.1 Å². The largest absolute Gasteiger partial charge is 0.343 e. The topological polar surface area (TPSA) is 116 Å². The molecule has 0 bridgehead atoms. The van der Waals surface area contributed by atoms with E-state index in [9.17, 15) is 18.0 Å². The Labute approximate surface area is 239 Å². The molecule has 2 fully saturated rings. The molecule has 1 unspecified atom stereocenters. The quantitative estimate of drug-likeness (QED) is 0.430. The number of hydrogen-bond donors (Lipinski definition) is 1. The molecule has 1 saturated heterocycles. The van der Waals surface area contributed by atoms with Gasteiger partial charge < -0.3 is 15.1 Å². The Morgan fingerprint density at radius 3 is 2.35 bits per heavy atom. The molecule has 2 amide bonds. The van der Waals surface area contributed by atoms with Crippen molar-refractivity contribution in [3.63, 3.8) is 0 Å². The summed E-state index contributed by atoms with van der Waals surface area (Å²) in [5.41, 5.74) is 1.73. The summed E-state index contributed by atoms with van der Waals surface area (Å²) in [5, 5.41) is 3.40. The molecule has 3 heterocycles. The van der Waals surface area contributed by atoms with Crippen LogP contribution in [0.3, 0.4) is 0 Å². The molecular weight excluding hydrogens is 548 g/mol. The fraction of sp³-hybridized carbons (Fsp3) is 0.500. The summed E-state index contributed by atoms with van der Waals surface area (Å²) in [6.45, 7) is 2.34. The monoisotopic (exact) mass is 584 g/mol. The van der Waals surface area contributed by atoms with E-state index in [0.29, 0.717) is 59.7 Å². The molecule has 40 heavy (non-hydrogen) atoms. The molecule has 5 rings (SSSR count). The number of anilines is 1. The van der Waals surface area contributed by atoms with E-state index in [-0.39, 0.29) is 16.7 Å². The first-order valence-electron chi connectivity index (χ1n) is 13.7. The minimum atomic E-state index is -3.59. The third-order valence-electron chi connectivity index (χ3n) is 7.85. The van der Waals surface area contributed by atoms with Crippen molar-refractivity contribution in [2.75, 3.05) is 52.6 Å². The van der Waals surface area contributed by atoms with Crippen LogP contribution in [0.2, 0.25) is 0 Å². The van der Waals surface area contributed by atoms with Crippen molar-refractivity contribution < 1.29 is 18.0 Å². The van der Waals surface area contributed by atoms with Gasteiger partial charge in [0.05, 0.1) is 10.8 Å². The van der Waals surface area contributed by atoms with Crippen molar-refractivity contribution in [3.05, 3.63) is 47.7 Å². The van der Waals surface area contributed by atoms with Crippen LogP contribution in [0.15, 0.2) is 41.3 Å². The van der Waals surface area contributed by atoms with E-state index in [1.165, 1.54) is 33.4 Å². The van der Waals surface area contributed by atoms with E-state index in [2.05, 4.69) is 20.2 Å².